The lowest BCUT2D eigenvalue weighted by Crippen LogP contribution is -2.38. The van der Waals surface area contributed by atoms with Crippen molar-refractivity contribution in [2.75, 3.05) is 6.54 Å². The Morgan fingerprint density at radius 1 is 1.53 bits per heavy atom. The van der Waals surface area contributed by atoms with Crippen molar-refractivity contribution in [1.29, 1.82) is 0 Å². The van der Waals surface area contributed by atoms with Crippen molar-refractivity contribution in [1.82, 2.24) is 15.8 Å². The summed E-state index contributed by atoms with van der Waals surface area (Å²) in [6.45, 7) is 5.53. The fourth-order valence-corrected chi connectivity index (χ4v) is 1.49. The zero-order valence-corrected chi connectivity index (χ0v) is 10.5. The smallest absolute Gasteiger partial charge is 0.191 e. The Hall–Kier alpha value is -1.52. The number of nitrogens with zero attached hydrogens (tertiary/aromatic N) is 2. The first kappa shape index (κ1) is 12.0. The molecule has 1 aliphatic carbocycles. The Morgan fingerprint density at radius 2 is 2.35 bits per heavy atom. The zero-order valence-electron chi connectivity index (χ0n) is 10.5. The van der Waals surface area contributed by atoms with E-state index in [2.05, 4.69) is 34.6 Å². The van der Waals surface area contributed by atoms with Crippen molar-refractivity contribution in [2.24, 2.45) is 4.99 Å². The minimum absolute atomic E-state index is 0.537. The van der Waals surface area contributed by atoms with Crippen LogP contribution >= 0.6 is 0 Å². The number of guanidine groups is 1. The molecule has 1 heterocycles. The second-order valence-corrected chi connectivity index (χ2v) is 4.25. The minimum Gasteiger partial charge on any atom is -0.359 e. The molecule has 0 saturated heterocycles. The van der Waals surface area contributed by atoms with Crippen LogP contribution < -0.4 is 10.6 Å². The van der Waals surface area contributed by atoms with E-state index in [0.29, 0.717) is 12.6 Å². The number of nitrogens with one attached hydrogen (secondary N) is 2. The van der Waals surface area contributed by atoms with E-state index in [-0.39, 0.29) is 0 Å². The number of rotatable bonds is 5. The van der Waals surface area contributed by atoms with Crippen molar-refractivity contribution in [3.8, 4) is 0 Å². The van der Waals surface area contributed by atoms with Gasteiger partial charge in [0, 0.05) is 18.7 Å². The van der Waals surface area contributed by atoms with Gasteiger partial charge in [-0.2, -0.15) is 0 Å². The third-order valence-corrected chi connectivity index (χ3v) is 2.63. The molecule has 0 spiro atoms. The summed E-state index contributed by atoms with van der Waals surface area (Å²) in [5.41, 5.74) is 0.982. The van der Waals surface area contributed by atoms with Crippen LogP contribution in [0.3, 0.4) is 0 Å². The van der Waals surface area contributed by atoms with E-state index < -0.39 is 0 Å². The average molecular weight is 236 g/mol. The van der Waals surface area contributed by atoms with E-state index in [9.17, 15) is 0 Å². The Morgan fingerprint density at radius 3 is 2.94 bits per heavy atom. The maximum Gasteiger partial charge on any atom is 0.191 e. The summed E-state index contributed by atoms with van der Waals surface area (Å²) < 4.78 is 5.19. The molecule has 1 saturated carbocycles. The van der Waals surface area contributed by atoms with Crippen LogP contribution in [-0.2, 0) is 13.0 Å². The number of aromatic nitrogens is 1. The number of aryl methyl sites for hydroxylation is 1. The summed E-state index contributed by atoms with van der Waals surface area (Å²) in [7, 11) is 0. The van der Waals surface area contributed by atoms with Gasteiger partial charge in [-0.25, -0.2) is 4.99 Å². The van der Waals surface area contributed by atoms with Crippen LogP contribution in [0.15, 0.2) is 15.6 Å². The monoisotopic (exact) mass is 236 g/mol. The van der Waals surface area contributed by atoms with Gasteiger partial charge in [-0.3, -0.25) is 0 Å². The summed E-state index contributed by atoms with van der Waals surface area (Å²) >= 11 is 0. The fraction of sp³-hybridized carbons (Fsp3) is 0.667. The molecular weight excluding hydrogens is 216 g/mol. The number of aliphatic imine (C=N–C) groups is 1. The fourth-order valence-electron chi connectivity index (χ4n) is 1.49. The van der Waals surface area contributed by atoms with Crippen LogP contribution in [-0.4, -0.2) is 23.7 Å². The maximum absolute atomic E-state index is 5.19. The molecule has 1 fully saturated rings. The minimum atomic E-state index is 0.537. The first-order valence-electron chi connectivity index (χ1n) is 6.31. The summed E-state index contributed by atoms with van der Waals surface area (Å²) in [6.07, 6.45) is 3.38. The molecule has 5 nitrogen and oxygen atoms in total. The average Bonchev–Trinajstić information content (AvgIpc) is 3.03. The summed E-state index contributed by atoms with van der Waals surface area (Å²) in [5.74, 6) is 1.68. The van der Waals surface area contributed by atoms with Crippen molar-refractivity contribution < 1.29 is 4.52 Å². The molecule has 0 unspecified atom stereocenters. The van der Waals surface area contributed by atoms with Crippen LogP contribution in [0.5, 0.6) is 0 Å². The highest BCUT2D eigenvalue weighted by Crippen LogP contribution is 2.18. The molecule has 17 heavy (non-hydrogen) atoms. The molecule has 0 amide bonds. The molecule has 1 aromatic heterocycles. The van der Waals surface area contributed by atoms with Gasteiger partial charge >= 0.3 is 0 Å². The Balaban J connectivity index is 1.90. The van der Waals surface area contributed by atoms with E-state index in [1.165, 1.54) is 12.8 Å². The highest BCUT2D eigenvalue weighted by atomic mass is 16.5. The Labute approximate surface area is 102 Å². The third-order valence-electron chi connectivity index (χ3n) is 2.63. The van der Waals surface area contributed by atoms with Gasteiger partial charge in [-0.1, -0.05) is 12.1 Å². The molecule has 0 radical (unpaired) electrons. The molecular formula is C12H20N4O. The van der Waals surface area contributed by atoms with Gasteiger partial charge in [-0.05, 0) is 26.2 Å². The molecule has 1 aromatic rings. The van der Waals surface area contributed by atoms with Gasteiger partial charge in [0.05, 0.1) is 5.69 Å². The molecule has 2 rings (SSSR count). The Bertz CT molecular complexity index is 382. The van der Waals surface area contributed by atoms with Gasteiger partial charge in [0.2, 0.25) is 0 Å². The predicted octanol–water partition coefficient (Wildman–Crippen LogP) is 1.45. The normalized spacial score (nSPS) is 16.0. The standard InChI is InChI=1S/C12H20N4O/c1-3-9-7-11(17-16-9)8-14-12(13-4-2)15-10-5-6-10/h7,10H,3-6,8H2,1-2H3,(H2,13,14,15). The second-order valence-electron chi connectivity index (χ2n) is 4.25. The molecule has 5 heteroatoms. The van der Waals surface area contributed by atoms with Gasteiger partial charge < -0.3 is 15.2 Å². The lowest BCUT2D eigenvalue weighted by Gasteiger charge is -2.09. The SMILES string of the molecule is CCNC(=NCc1cc(CC)no1)NC1CC1. The molecule has 94 valence electrons. The van der Waals surface area contributed by atoms with Gasteiger partial charge in [-0.15, -0.1) is 0 Å². The first-order valence-corrected chi connectivity index (χ1v) is 6.31. The van der Waals surface area contributed by atoms with Crippen molar-refractivity contribution in [3.05, 3.63) is 17.5 Å². The van der Waals surface area contributed by atoms with E-state index in [0.717, 1.165) is 30.4 Å². The first-order chi connectivity index (χ1) is 8.31. The molecule has 0 bridgehead atoms. The highest BCUT2D eigenvalue weighted by Gasteiger charge is 2.22. The summed E-state index contributed by atoms with van der Waals surface area (Å²) in [6, 6.07) is 2.57. The second kappa shape index (κ2) is 5.70. The molecule has 0 aliphatic heterocycles. The highest BCUT2D eigenvalue weighted by molar-refractivity contribution is 5.80. The summed E-state index contributed by atoms with van der Waals surface area (Å²) in [5, 5.41) is 10.5. The van der Waals surface area contributed by atoms with Gasteiger partial charge in [0.1, 0.15) is 6.54 Å². The van der Waals surface area contributed by atoms with E-state index in [1.54, 1.807) is 0 Å². The lowest BCUT2D eigenvalue weighted by atomic mass is 10.3. The topological polar surface area (TPSA) is 62.5 Å². The maximum atomic E-state index is 5.19. The molecule has 1 aliphatic rings. The largest absolute Gasteiger partial charge is 0.359 e. The number of hydrogen-bond acceptors (Lipinski definition) is 3. The third kappa shape index (κ3) is 3.76. The van der Waals surface area contributed by atoms with E-state index in [4.69, 9.17) is 4.52 Å². The van der Waals surface area contributed by atoms with Crippen molar-refractivity contribution in [2.45, 2.75) is 45.7 Å². The zero-order chi connectivity index (χ0) is 12.1. The van der Waals surface area contributed by atoms with Gasteiger partial charge in [0.25, 0.3) is 0 Å². The molecule has 0 aromatic carbocycles. The summed E-state index contributed by atoms with van der Waals surface area (Å²) in [4.78, 5) is 4.47. The molecule has 2 N–H and O–H groups in total. The van der Waals surface area contributed by atoms with Gasteiger partial charge in [0.15, 0.2) is 11.7 Å². The van der Waals surface area contributed by atoms with Crippen LogP contribution in [0.1, 0.15) is 38.1 Å². The van der Waals surface area contributed by atoms with Crippen LogP contribution in [0.4, 0.5) is 0 Å². The predicted molar refractivity (Wildman–Crippen MR) is 66.9 cm³/mol. The quantitative estimate of drug-likeness (QED) is 0.600. The van der Waals surface area contributed by atoms with Crippen molar-refractivity contribution in [3.63, 3.8) is 0 Å². The molecule has 0 atom stereocenters. The van der Waals surface area contributed by atoms with Crippen molar-refractivity contribution >= 4 is 5.96 Å². The lowest BCUT2D eigenvalue weighted by molar-refractivity contribution is 0.379. The van der Waals surface area contributed by atoms with Crippen LogP contribution in [0.2, 0.25) is 0 Å². The van der Waals surface area contributed by atoms with Crippen LogP contribution in [0, 0.1) is 0 Å². The van der Waals surface area contributed by atoms with E-state index in [1.807, 2.05) is 6.07 Å². The Kier molecular flexibility index (Phi) is 4.01. The van der Waals surface area contributed by atoms with Crippen LogP contribution in [0.25, 0.3) is 0 Å². The van der Waals surface area contributed by atoms with E-state index >= 15 is 0 Å². The number of hydrogen-bond donors (Lipinski definition) is 2.